The molecule has 6 rings (SSSR count). The number of benzene rings is 1. The highest BCUT2D eigenvalue weighted by Gasteiger charge is 2.61. The number of aromatic nitrogens is 2. The molecule has 2 saturated carbocycles. The number of anilines is 1. The molecule has 13 nitrogen and oxygen atoms in total. The summed E-state index contributed by atoms with van der Waals surface area (Å²) in [5.41, 5.74) is 0.823. The second kappa shape index (κ2) is 16.8. The van der Waals surface area contributed by atoms with E-state index in [2.05, 4.69) is 38.1 Å². The van der Waals surface area contributed by atoms with Gasteiger partial charge in [0.2, 0.25) is 11.8 Å². The first-order valence-corrected chi connectivity index (χ1v) is 21.2. The van der Waals surface area contributed by atoms with Gasteiger partial charge in [-0.1, -0.05) is 46.8 Å². The number of allylic oxidation sites excluding steroid dienone is 1. The fraction of sp³-hybridized carbons (Fsp3) is 0.548. The third kappa shape index (κ3) is 9.04. The van der Waals surface area contributed by atoms with E-state index >= 15 is 0 Å². The van der Waals surface area contributed by atoms with E-state index < -0.39 is 47.0 Å². The van der Waals surface area contributed by atoms with Crippen LogP contribution in [0, 0.1) is 29.6 Å². The van der Waals surface area contributed by atoms with E-state index in [1.165, 1.54) is 23.3 Å². The van der Waals surface area contributed by atoms with Crippen molar-refractivity contribution in [1.29, 1.82) is 0 Å². The fourth-order valence-electron chi connectivity index (χ4n) is 7.78. The number of alkyl carbamates (subject to hydrolysis) is 1. The molecule has 15 heteroatoms. The van der Waals surface area contributed by atoms with Crippen LogP contribution in [0.25, 0.3) is 22.3 Å². The minimum Gasteiger partial charge on any atom is -0.488 e. The molecule has 1 saturated heterocycles. The number of aryl methyl sites for hydroxylation is 1. The van der Waals surface area contributed by atoms with Crippen molar-refractivity contribution < 1.29 is 38.2 Å². The number of methoxy groups -OCH3 is 1. The molecule has 5 atom stereocenters. The summed E-state index contributed by atoms with van der Waals surface area (Å²) in [7, 11) is 1.30. The quantitative estimate of drug-likeness (QED) is 0.128. The van der Waals surface area contributed by atoms with Crippen LogP contribution < -0.4 is 15.4 Å². The van der Waals surface area contributed by atoms with Gasteiger partial charge in [0.25, 0.3) is 0 Å². The summed E-state index contributed by atoms with van der Waals surface area (Å²) < 4.78 is 18.4. The largest absolute Gasteiger partial charge is 0.488 e. The van der Waals surface area contributed by atoms with E-state index in [9.17, 15) is 24.0 Å². The molecule has 3 aromatic rings. The maximum atomic E-state index is 14.7. The molecule has 1 aliphatic heterocycles. The summed E-state index contributed by atoms with van der Waals surface area (Å²) >= 11 is 4.99. The summed E-state index contributed by atoms with van der Waals surface area (Å²) in [5, 5.41) is 8.63. The highest BCUT2D eigenvalue weighted by Crippen LogP contribution is 2.57. The van der Waals surface area contributed by atoms with Crippen molar-refractivity contribution in [2.45, 2.75) is 111 Å². The molecule has 3 heterocycles. The van der Waals surface area contributed by atoms with Gasteiger partial charge in [0.1, 0.15) is 29.7 Å². The molecule has 0 radical (unpaired) electrons. The van der Waals surface area contributed by atoms with Crippen molar-refractivity contribution in [1.82, 2.24) is 20.2 Å². The lowest BCUT2D eigenvalue weighted by Gasteiger charge is -2.35. The monoisotopic (exact) mass is 865 g/mol. The molecule has 0 bridgehead atoms. The number of pyridine rings is 1. The molecule has 0 spiro atoms. The van der Waals surface area contributed by atoms with Gasteiger partial charge in [-0.3, -0.25) is 19.2 Å². The number of carbonyl (C=O) groups excluding carboxylic acids is 5. The number of ketones is 1. The molecule has 3 amide bonds. The van der Waals surface area contributed by atoms with Crippen LogP contribution in [0.4, 0.5) is 9.93 Å². The van der Waals surface area contributed by atoms with Gasteiger partial charge in [-0.15, -0.1) is 17.9 Å². The van der Waals surface area contributed by atoms with Crippen LogP contribution in [0.2, 0.25) is 0 Å². The molecular formula is C42H52BrN5O8S. The Labute approximate surface area is 345 Å². The number of nitrogens with zero attached hydrogens (tertiary/aromatic N) is 3. The Bertz CT molecular complexity index is 2070. The van der Waals surface area contributed by atoms with Gasteiger partial charge in [0.05, 0.1) is 36.3 Å². The second-order valence-electron chi connectivity index (χ2n) is 16.9. The smallest absolute Gasteiger partial charge is 0.408 e. The average Bonchev–Trinajstić information content (AvgIpc) is 3.59. The van der Waals surface area contributed by atoms with Crippen molar-refractivity contribution in [2.24, 2.45) is 22.7 Å². The molecule has 3 fully saturated rings. The number of hydrogen-bond donors (Lipinski definition) is 2. The molecule has 2 aliphatic carbocycles. The summed E-state index contributed by atoms with van der Waals surface area (Å²) in [5.74, 6) is -1.37. The van der Waals surface area contributed by atoms with Crippen LogP contribution in [0.3, 0.4) is 0 Å². The number of hydrogen-bond acceptors (Lipinski definition) is 11. The predicted molar refractivity (Wildman–Crippen MR) is 221 cm³/mol. The Balaban J connectivity index is 1.34. The SMILES string of the molecule is C=C[C@@H]1C[C@]1(CC(=O)[C@@H]1C[C@H](Oc2cc(-c3csc(NC(=O)C(C)C)n3)nc3c(Br)c(C)ccc23)CN1C(=O)[C@@H](NC(=O)OC1CCCC1)C(C)(C)C)C(=O)OC. The van der Waals surface area contributed by atoms with Crippen molar-refractivity contribution >= 4 is 73.0 Å². The molecular weight excluding hydrogens is 814 g/mol. The zero-order valence-electron chi connectivity index (χ0n) is 33.6. The Morgan fingerprint density at radius 1 is 1.11 bits per heavy atom. The maximum absolute atomic E-state index is 14.7. The normalized spacial score (nSPS) is 22.6. The number of carbonyl (C=O) groups is 5. The second-order valence-corrected chi connectivity index (χ2v) is 18.5. The lowest BCUT2D eigenvalue weighted by molar-refractivity contribution is -0.150. The van der Waals surface area contributed by atoms with Gasteiger partial charge in [-0.2, -0.15) is 0 Å². The molecule has 2 aromatic heterocycles. The number of nitrogens with one attached hydrogen (secondary N) is 2. The highest BCUT2D eigenvalue weighted by molar-refractivity contribution is 9.10. The molecule has 2 N–H and O–H groups in total. The Morgan fingerprint density at radius 3 is 2.46 bits per heavy atom. The standard InChI is InChI=1S/C42H52BrN5O8S/c1-9-24-18-42(24,38(52)54-8)19-31(49)30-16-26(20-48(30)37(51)35(41(5,6)7)46-40(53)56-25-12-10-11-13-25)55-32-17-28(44-34-27(32)15-14-23(4)33(34)43)29-21-57-39(45-29)47-36(50)22(2)3/h9,14-15,17,21-22,24-26,30,35H,1,10-13,16,18-20H2,2-8H3,(H,46,53)(H,45,47,50)/t24-,26+,30+,35-,42-/m1/s1. The Kier molecular flexibility index (Phi) is 12.5. The number of Topliss-reactive ketones (excluding diaryl/α,β-unsaturated/α-hetero) is 1. The number of rotatable bonds is 13. The van der Waals surface area contributed by atoms with E-state index in [-0.39, 0.29) is 49.0 Å². The first-order valence-electron chi connectivity index (χ1n) is 19.5. The molecule has 3 aliphatic rings. The molecule has 1 aromatic carbocycles. The van der Waals surface area contributed by atoms with Gasteiger partial charge in [0, 0.05) is 40.1 Å². The van der Waals surface area contributed by atoms with Gasteiger partial charge in [0.15, 0.2) is 10.9 Å². The van der Waals surface area contributed by atoms with E-state index in [1.807, 2.05) is 45.2 Å². The first-order chi connectivity index (χ1) is 26.9. The van der Waals surface area contributed by atoms with E-state index in [0.29, 0.717) is 39.6 Å². The predicted octanol–water partition coefficient (Wildman–Crippen LogP) is 7.78. The number of ether oxygens (including phenoxy) is 3. The molecule has 306 valence electrons. The van der Waals surface area contributed by atoms with Crippen LogP contribution in [0.15, 0.2) is 40.7 Å². The van der Waals surface area contributed by atoms with E-state index in [0.717, 1.165) is 35.7 Å². The van der Waals surface area contributed by atoms with Crippen LogP contribution in [0.1, 0.15) is 85.1 Å². The zero-order valence-corrected chi connectivity index (χ0v) is 36.0. The van der Waals surface area contributed by atoms with Crippen LogP contribution in [-0.2, 0) is 28.7 Å². The van der Waals surface area contributed by atoms with Crippen molar-refractivity contribution in [3.8, 4) is 17.1 Å². The van der Waals surface area contributed by atoms with E-state index in [1.54, 1.807) is 26.0 Å². The van der Waals surface area contributed by atoms with Gasteiger partial charge in [-0.05, 0) is 77.9 Å². The van der Waals surface area contributed by atoms with Gasteiger partial charge in [-0.25, -0.2) is 14.8 Å². The van der Waals surface area contributed by atoms with E-state index in [4.69, 9.17) is 19.2 Å². The lowest BCUT2D eigenvalue weighted by atomic mass is 9.85. The topological polar surface area (TPSA) is 166 Å². The zero-order chi connectivity index (χ0) is 41.4. The summed E-state index contributed by atoms with van der Waals surface area (Å²) in [4.78, 5) is 78.8. The number of esters is 1. The van der Waals surface area contributed by atoms with Crippen LogP contribution in [0.5, 0.6) is 5.75 Å². The summed E-state index contributed by atoms with van der Waals surface area (Å²) in [6.07, 6.45) is 4.06. The first kappa shape index (κ1) is 42.2. The van der Waals surface area contributed by atoms with Crippen molar-refractivity contribution in [3.63, 3.8) is 0 Å². The molecule has 57 heavy (non-hydrogen) atoms. The summed E-state index contributed by atoms with van der Waals surface area (Å²) in [6.45, 7) is 15.0. The average molecular weight is 867 g/mol. The number of fused-ring (bicyclic) bond motifs is 1. The number of likely N-dealkylation sites (tertiary alicyclic amines) is 1. The Morgan fingerprint density at radius 2 is 1.82 bits per heavy atom. The Hall–Kier alpha value is -4.37. The highest BCUT2D eigenvalue weighted by atomic mass is 79.9. The molecule has 0 unspecified atom stereocenters. The third-order valence-electron chi connectivity index (χ3n) is 11.3. The number of amides is 3. The third-order valence-corrected chi connectivity index (χ3v) is 13.0. The van der Waals surface area contributed by atoms with Crippen LogP contribution >= 0.6 is 27.3 Å². The fourth-order valence-corrected chi connectivity index (χ4v) is 8.92. The summed E-state index contributed by atoms with van der Waals surface area (Å²) in [6, 6.07) is 3.65. The van der Waals surface area contributed by atoms with Gasteiger partial charge >= 0.3 is 12.1 Å². The van der Waals surface area contributed by atoms with Gasteiger partial charge < -0.3 is 29.7 Å². The van der Waals surface area contributed by atoms with Crippen LogP contribution in [-0.4, -0.2) is 82.5 Å². The van der Waals surface area contributed by atoms with Crippen molar-refractivity contribution in [3.05, 3.63) is 46.3 Å². The maximum Gasteiger partial charge on any atom is 0.408 e. The number of halogens is 1. The number of thiazole rings is 1. The minimum absolute atomic E-state index is 0.0333. The van der Waals surface area contributed by atoms with Crippen molar-refractivity contribution in [2.75, 3.05) is 19.0 Å². The minimum atomic E-state index is -1.05. The lowest BCUT2D eigenvalue weighted by Crippen LogP contribution is -2.57.